The highest BCUT2D eigenvalue weighted by Crippen LogP contribution is 2.34. The number of rotatable bonds is 4. The molecule has 0 atom stereocenters. The monoisotopic (exact) mass is 338 g/mol. The van der Waals surface area contributed by atoms with Crippen molar-refractivity contribution in [3.8, 4) is 6.07 Å². The van der Waals surface area contributed by atoms with Gasteiger partial charge in [-0.15, -0.1) is 0 Å². The van der Waals surface area contributed by atoms with Crippen molar-refractivity contribution in [2.45, 2.75) is 45.6 Å². The van der Waals surface area contributed by atoms with Gasteiger partial charge in [0.15, 0.2) is 5.82 Å². The fraction of sp³-hybridized carbons (Fsp3) is 0.562. The summed E-state index contributed by atoms with van der Waals surface area (Å²) in [7, 11) is 0. The van der Waals surface area contributed by atoms with Gasteiger partial charge in [-0.25, -0.2) is 4.39 Å². The van der Waals surface area contributed by atoms with Gasteiger partial charge in [0, 0.05) is 12.6 Å². The van der Waals surface area contributed by atoms with Crippen molar-refractivity contribution in [2.75, 3.05) is 11.4 Å². The van der Waals surface area contributed by atoms with Crippen molar-refractivity contribution in [3.63, 3.8) is 0 Å². The minimum atomic E-state index is -0.309. The highest BCUT2D eigenvalue weighted by Gasteiger charge is 2.26. The molecule has 0 radical (unpaired) electrons. The Morgan fingerprint density at radius 2 is 2.05 bits per heavy atom. The highest BCUT2D eigenvalue weighted by atomic mass is 79.9. The van der Waals surface area contributed by atoms with Crippen LogP contribution >= 0.6 is 15.9 Å². The first-order chi connectivity index (χ1) is 9.54. The molecule has 1 aromatic rings. The van der Waals surface area contributed by atoms with Crippen molar-refractivity contribution in [1.29, 1.82) is 5.26 Å². The molecule has 1 fully saturated rings. The van der Waals surface area contributed by atoms with E-state index in [-0.39, 0.29) is 10.3 Å². The Hall–Kier alpha value is -1.08. The van der Waals surface area contributed by atoms with Crippen LogP contribution in [0.25, 0.3) is 0 Å². The third-order valence-corrected chi connectivity index (χ3v) is 4.59. The second-order valence-electron chi connectivity index (χ2n) is 5.86. The van der Waals surface area contributed by atoms with E-state index in [4.69, 9.17) is 5.26 Å². The predicted octanol–water partition coefficient (Wildman–Crippen LogP) is 4.86. The molecule has 1 aromatic carbocycles. The lowest BCUT2D eigenvalue weighted by Crippen LogP contribution is -2.37. The molecule has 2 rings (SSSR count). The Bertz CT molecular complexity index is 516. The third kappa shape index (κ3) is 3.15. The van der Waals surface area contributed by atoms with E-state index in [1.807, 2.05) is 6.07 Å². The standard InChI is InChI=1S/C16H20BrFN2/c1-11(2)10-20(13-5-3-4-6-13)14-8-7-12(9-19)15(17)16(14)18/h7-8,11,13H,3-6,10H2,1-2H3. The van der Waals surface area contributed by atoms with E-state index in [9.17, 15) is 4.39 Å². The van der Waals surface area contributed by atoms with Gasteiger partial charge >= 0.3 is 0 Å². The van der Waals surface area contributed by atoms with E-state index in [0.717, 1.165) is 19.4 Å². The molecule has 1 aliphatic rings. The van der Waals surface area contributed by atoms with Crippen LogP contribution < -0.4 is 4.90 Å². The Labute approximate surface area is 128 Å². The topological polar surface area (TPSA) is 27.0 Å². The van der Waals surface area contributed by atoms with E-state index in [1.54, 1.807) is 12.1 Å². The lowest BCUT2D eigenvalue weighted by atomic mass is 10.1. The summed E-state index contributed by atoms with van der Waals surface area (Å²) in [6, 6.07) is 5.88. The molecule has 0 heterocycles. The molecule has 0 spiro atoms. The number of hydrogen-bond donors (Lipinski definition) is 0. The van der Waals surface area contributed by atoms with Crippen molar-refractivity contribution in [1.82, 2.24) is 0 Å². The molecular formula is C16H20BrFN2. The number of halogens is 2. The first-order valence-electron chi connectivity index (χ1n) is 7.19. The van der Waals surface area contributed by atoms with Crippen LogP contribution in [-0.4, -0.2) is 12.6 Å². The summed E-state index contributed by atoms with van der Waals surface area (Å²) in [4.78, 5) is 2.19. The zero-order valence-corrected chi connectivity index (χ0v) is 13.6. The van der Waals surface area contributed by atoms with Crippen molar-refractivity contribution < 1.29 is 4.39 Å². The molecular weight excluding hydrogens is 319 g/mol. The maximum Gasteiger partial charge on any atom is 0.161 e. The maximum atomic E-state index is 14.6. The smallest absolute Gasteiger partial charge is 0.161 e. The summed E-state index contributed by atoms with van der Waals surface area (Å²) < 4.78 is 14.8. The molecule has 0 unspecified atom stereocenters. The van der Waals surface area contributed by atoms with Gasteiger partial charge in [-0.2, -0.15) is 5.26 Å². The molecule has 0 bridgehead atoms. The molecule has 1 aliphatic carbocycles. The number of hydrogen-bond acceptors (Lipinski definition) is 2. The lowest BCUT2D eigenvalue weighted by Gasteiger charge is -2.33. The summed E-state index contributed by atoms with van der Waals surface area (Å²) in [5, 5.41) is 8.97. The number of benzene rings is 1. The number of nitrogens with zero attached hydrogens (tertiary/aromatic N) is 2. The van der Waals surface area contributed by atoms with Crippen molar-refractivity contribution in [3.05, 3.63) is 28.0 Å². The Morgan fingerprint density at radius 1 is 1.40 bits per heavy atom. The summed E-state index contributed by atoms with van der Waals surface area (Å²) >= 11 is 3.21. The zero-order chi connectivity index (χ0) is 14.7. The van der Waals surface area contributed by atoms with Gasteiger partial charge in [0.25, 0.3) is 0 Å². The summed E-state index contributed by atoms with van der Waals surface area (Å²) in [6.07, 6.45) is 4.70. The van der Waals surface area contributed by atoms with Gasteiger partial charge in [0.2, 0.25) is 0 Å². The van der Waals surface area contributed by atoms with Crippen LogP contribution in [0.3, 0.4) is 0 Å². The highest BCUT2D eigenvalue weighted by molar-refractivity contribution is 9.10. The van der Waals surface area contributed by atoms with Gasteiger partial charge in [-0.1, -0.05) is 26.7 Å². The van der Waals surface area contributed by atoms with E-state index in [1.165, 1.54) is 12.8 Å². The van der Waals surface area contributed by atoms with E-state index in [0.29, 0.717) is 23.2 Å². The van der Waals surface area contributed by atoms with Crippen LogP contribution in [0.4, 0.5) is 10.1 Å². The van der Waals surface area contributed by atoms with Gasteiger partial charge in [-0.05, 0) is 46.8 Å². The van der Waals surface area contributed by atoms with Gasteiger partial charge in [0.1, 0.15) is 6.07 Å². The molecule has 0 N–H and O–H groups in total. The normalized spacial score (nSPS) is 15.6. The van der Waals surface area contributed by atoms with Crippen molar-refractivity contribution >= 4 is 21.6 Å². The Morgan fingerprint density at radius 3 is 2.60 bits per heavy atom. The van der Waals surface area contributed by atoms with Crippen LogP contribution in [-0.2, 0) is 0 Å². The minimum absolute atomic E-state index is 0.282. The molecule has 108 valence electrons. The molecule has 0 amide bonds. The molecule has 20 heavy (non-hydrogen) atoms. The van der Waals surface area contributed by atoms with Gasteiger partial charge in [0.05, 0.1) is 15.7 Å². The molecule has 1 saturated carbocycles. The van der Waals surface area contributed by atoms with E-state index < -0.39 is 0 Å². The molecule has 0 aliphatic heterocycles. The van der Waals surface area contributed by atoms with E-state index in [2.05, 4.69) is 34.7 Å². The van der Waals surface area contributed by atoms with Gasteiger partial charge < -0.3 is 4.90 Å². The average molecular weight is 339 g/mol. The number of anilines is 1. The predicted molar refractivity (Wildman–Crippen MR) is 83.3 cm³/mol. The van der Waals surface area contributed by atoms with Crippen LogP contribution in [0.15, 0.2) is 16.6 Å². The molecule has 2 nitrogen and oxygen atoms in total. The lowest BCUT2D eigenvalue weighted by molar-refractivity contribution is 0.519. The maximum absolute atomic E-state index is 14.6. The first kappa shape index (κ1) is 15.3. The fourth-order valence-corrected chi connectivity index (χ4v) is 3.32. The second kappa shape index (κ2) is 6.58. The quantitative estimate of drug-likeness (QED) is 0.783. The third-order valence-electron chi connectivity index (χ3n) is 3.82. The largest absolute Gasteiger partial charge is 0.366 e. The Balaban J connectivity index is 2.38. The summed E-state index contributed by atoms with van der Waals surface area (Å²) in [6.45, 7) is 5.15. The number of nitriles is 1. The fourth-order valence-electron chi connectivity index (χ4n) is 2.90. The summed E-state index contributed by atoms with van der Waals surface area (Å²) in [5.74, 6) is 0.168. The summed E-state index contributed by atoms with van der Waals surface area (Å²) in [5.41, 5.74) is 0.971. The first-order valence-corrected chi connectivity index (χ1v) is 7.98. The molecule has 4 heteroatoms. The van der Waals surface area contributed by atoms with Gasteiger partial charge in [-0.3, -0.25) is 0 Å². The molecule has 0 aromatic heterocycles. The molecule has 0 saturated heterocycles. The SMILES string of the molecule is CC(C)CN(c1ccc(C#N)c(Br)c1F)C1CCCC1. The van der Waals surface area contributed by atoms with Crippen molar-refractivity contribution in [2.24, 2.45) is 5.92 Å². The van der Waals surface area contributed by atoms with Crippen LogP contribution in [0.2, 0.25) is 0 Å². The van der Waals surface area contributed by atoms with E-state index >= 15 is 0 Å². The second-order valence-corrected chi connectivity index (χ2v) is 6.65. The minimum Gasteiger partial charge on any atom is -0.366 e. The Kier molecular flexibility index (Phi) is 5.04. The average Bonchev–Trinajstić information content (AvgIpc) is 2.93. The van der Waals surface area contributed by atoms with Crippen LogP contribution in [0.1, 0.15) is 45.1 Å². The van der Waals surface area contributed by atoms with Crippen LogP contribution in [0, 0.1) is 23.1 Å². The van der Waals surface area contributed by atoms with Crippen LogP contribution in [0.5, 0.6) is 0 Å². The zero-order valence-electron chi connectivity index (χ0n) is 12.0.